The van der Waals surface area contributed by atoms with E-state index in [1.165, 1.54) is 5.56 Å². The molecule has 100 valence electrons. The quantitative estimate of drug-likeness (QED) is 0.728. The van der Waals surface area contributed by atoms with Crippen LogP contribution in [0.25, 0.3) is 0 Å². The SMILES string of the molecule is O=C1C2(Br)CN3CCN(C2)CC1(c1ccccc1)C3. The first-order chi connectivity index (χ1) is 9.12. The van der Waals surface area contributed by atoms with Crippen LogP contribution in [-0.4, -0.2) is 59.2 Å². The number of benzene rings is 1. The smallest absolute Gasteiger partial charge is 0.165 e. The zero-order valence-corrected chi connectivity index (χ0v) is 12.4. The molecule has 4 saturated heterocycles. The molecule has 1 aromatic rings. The van der Waals surface area contributed by atoms with Crippen LogP contribution >= 0.6 is 15.9 Å². The molecule has 4 aliphatic heterocycles. The Balaban J connectivity index is 1.89. The van der Waals surface area contributed by atoms with Gasteiger partial charge in [0.05, 0.1) is 5.41 Å². The molecular weight excluding hydrogens is 304 g/mol. The van der Waals surface area contributed by atoms with E-state index in [0.717, 1.165) is 39.3 Å². The summed E-state index contributed by atoms with van der Waals surface area (Å²) < 4.78 is -0.365. The summed E-state index contributed by atoms with van der Waals surface area (Å²) in [6.45, 7) is 5.62. The van der Waals surface area contributed by atoms with Crippen molar-refractivity contribution in [1.29, 1.82) is 0 Å². The number of hydrogen-bond acceptors (Lipinski definition) is 3. The Kier molecular flexibility index (Phi) is 2.48. The van der Waals surface area contributed by atoms with Gasteiger partial charge in [0.25, 0.3) is 0 Å². The van der Waals surface area contributed by atoms with Crippen molar-refractivity contribution in [3.8, 4) is 0 Å². The van der Waals surface area contributed by atoms with E-state index in [4.69, 9.17) is 0 Å². The Hall–Kier alpha value is -0.710. The van der Waals surface area contributed by atoms with Gasteiger partial charge in [-0.2, -0.15) is 0 Å². The summed E-state index contributed by atoms with van der Waals surface area (Å²) in [5.41, 5.74) is 0.845. The van der Waals surface area contributed by atoms with Gasteiger partial charge >= 0.3 is 0 Å². The molecule has 4 aliphatic rings. The molecule has 0 spiro atoms. The van der Waals surface area contributed by atoms with Crippen LogP contribution in [0.1, 0.15) is 5.56 Å². The standard InChI is InChI=1S/C15H17BrN2O/c16-15-10-17-6-7-18(11-15)9-14(8-17,13(15)19)12-4-2-1-3-5-12/h1-5H,6-11H2. The number of alkyl halides is 1. The lowest BCUT2D eigenvalue weighted by molar-refractivity contribution is -0.134. The van der Waals surface area contributed by atoms with Crippen LogP contribution in [0, 0.1) is 0 Å². The third-order valence-corrected chi connectivity index (χ3v) is 5.70. The molecule has 4 heteroatoms. The van der Waals surface area contributed by atoms with Gasteiger partial charge in [-0.25, -0.2) is 0 Å². The van der Waals surface area contributed by atoms with Crippen LogP contribution in [0.4, 0.5) is 0 Å². The summed E-state index contributed by atoms with van der Waals surface area (Å²) in [7, 11) is 0. The van der Waals surface area contributed by atoms with E-state index in [9.17, 15) is 4.79 Å². The molecule has 0 amide bonds. The van der Waals surface area contributed by atoms with Gasteiger partial charge in [-0.15, -0.1) is 0 Å². The molecule has 0 aliphatic carbocycles. The maximum Gasteiger partial charge on any atom is 0.165 e. The minimum Gasteiger partial charge on any atom is -0.299 e. The van der Waals surface area contributed by atoms with Crippen molar-refractivity contribution in [3.63, 3.8) is 0 Å². The highest BCUT2D eigenvalue weighted by Gasteiger charge is 2.60. The minimum atomic E-state index is -0.365. The molecule has 2 atom stereocenters. The van der Waals surface area contributed by atoms with Gasteiger partial charge < -0.3 is 0 Å². The predicted molar refractivity (Wildman–Crippen MR) is 77.7 cm³/mol. The van der Waals surface area contributed by atoms with Gasteiger partial charge in [-0.3, -0.25) is 14.6 Å². The van der Waals surface area contributed by atoms with Crippen LogP contribution in [0.3, 0.4) is 0 Å². The lowest BCUT2D eigenvalue weighted by Crippen LogP contribution is -2.70. The van der Waals surface area contributed by atoms with Crippen LogP contribution in [0.15, 0.2) is 30.3 Å². The number of rotatable bonds is 1. The fourth-order valence-electron chi connectivity index (χ4n) is 4.07. The number of piperidine rings is 2. The molecule has 1 aromatic carbocycles. The highest BCUT2D eigenvalue weighted by molar-refractivity contribution is 9.10. The highest BCUT2D eigenvalue weighted by atomic mass is 79.9. The summed E-state index contributed by atoms with van der Waals surface area (Å²) in [5, 5.41) is 0. The molecule has 4 bridgehead atoms. The third-order valence-electron chi connectivity index (χ3n) is 4.84. The fourth-order valence-corrected chi connectivity index (χ4v) is 5.16. The second-order valence-electron chi connectivity index (χ2n) is 6.16. The van der Waals surface area contributed by atoms with Crippen molar-refractivity contribution in [2.24, 2.45) is 0 Å². The highest BCUT2D eigenvalue weighted by Crippen LogP contribution is 2.45. The molecule has 5 rings (SSSR count). The van der Waals surface area contributed by atoms with Gasteiger partial charge in [0.2, 0.25) is 0 Å². The fraction of sp³-hybridized carbons (Fsp3) is 0.533. The first kappa shape index (κ1) is 12.1. The van der Waals surface area contributed by atoms with E-state index >= 15 is 0 Å². The number of fused-ring (bicyclic) bond motifs is 1. The summed E-state index contributed by atoms with van der Waals surface area (Å²) in [6.07, 6.45) is 0. The molecule has 19 heavy (non-hydrogen) atoms. The molecular formula is C15H17BrN2O. The summed E-state index contributed by atoms with van der Waals surface area (Å²) in [6, 6.07) is 10.3. The number of hydrogen-bond donors (Lipinski definition) is 0. The second kappa shape index (κ2) is 3.90. The Morgan fingerprint density at radius 3 is 2.11 bits per heavy atom. The maximum atomic E-state index is 13.1. The first-order valence-electron chi connectivity index (χ1n) is 6.87. The number of carbonyl (C=O) groups excluding carboxylic acids is 1. The van der Waals surface area contributed by atoms with Crippen LogP contribution < -0.4 is 0 Å². The normalized spacial score (nSPS) is 44.4. The molecule has 0 aromatic heterocycles. The van der Waals surface area contributed by atoms with Crippen molar-refractivity contribution < 1.29 is 4.79 Å². The van der Waals surface area contributed by atoms with Crippen LogP contribution in [0.2, 0.25) is 0 Å². The van der Waals surface area contributed by atoms with Gasteiger partial charge in [0, 0.05) is 39.3 Å². The van der Waals surface area contributed by atoms with Gasteiger partial charge in [-0.1, -0.05) is 46.3 Å². The largest absolute Gasteiger partial charge is 0.299 e. The molecule has 0 radical (unpaired) electrons. The molecule has 2 unspecified atom stereocenters. The number of ketones is 1. The van der Waals surface area contributed by atoms with E-state index in [0.29, 0.717) is 5.78 Å². The van der Waals surface area contributed by atoms with E-state index in [1.807, 2.05) is 18.2 Å². The summed E-state index contributed by atoms with van der Waals surface area (Å²) in [5.74, 6) is 0.389. The molecule has 0 saturated carbocycles. The van der Waals surface area contributed by atoms with Crippen molar-refractivity contribution in [3.05, 3.63) is 35.9 Å². The minimum absolute atomic E-state index is 0.336. The van der Waals surface area contributed by atoms with Crippen molar-refractivity contribution >= 4 is 21.7 Å². The predicted octanol–water partition coefficient (Wildman–Crippen LogP) is 1.27. The second-order valence-corrected chi connectivity index (χ2v) is 7.68. The lowest BCUT2D eigenvalue weighted by atomic mass is 9.67. The van der Waals surface area contributed by atoms with Gasteiger partial charge in [-0.05, 0) is 5.56 Å². The van der Waals surface area contributed by atoms with E-state index in [-0.39, 0.29) is 9.74 Å². The Morgan fingerprint density at radius 1 is 0.947 bits per heavy atom. The van der Waals surface area contributed by atoms with Gasteiger partial charge in [0.1, 0.15) is 4.32 Å². The van der Waals surface area contributed by atoms with E-state index < -0.39 is 0 Å². The zero-order chi connectivity index (χ0) is 13.1. The first-order valence-corrected chi connectivity index (χ1v) is 7.66. The van der Waals surface area contributed by atoms with E-state index in [2.05, 4.69) is 37.9 Å². The maximum absolute atomic E-state index is 13.1. The number of Topliss-reactive ketones (excluding diaryl/α,β-unsaturated/α-hetero) is 1. The summed E-state index contributed by atoms with van der Waals surface area (Å²) in [4.78, 5) is 18.0. The van der Waals surface area contributed by atoms with Crippen LogP contribution in [0.5, 0.6) is 0 Å². The molecule has 3 nitrogen and oxygen atoms in total. The zero-order valence-electron chi connectivity index (χ0n) is 10.8. The molecule has 0 N–H and O–H groups in total. The lowest BCUT2D eigenvalue weighted by Gasteiger charge is -2.52. The average molecular weight is 321 g/mol. The third kappa shape index (κ3) is 1.60. The van der Waals surface area contributed by atoms with Crippen molar-refractivity contribution in [1.82, 2.24) is 9.80 Å². The molecule has 4 heterocycles. The Bertz CT molecular complexity index is 514. The number of halogens is 1. The van der Waals surface area contributed by atoms with Gasteiger partial charge in [0.15, 0.2) is 5.78 Å². The average Bonchev–Trinajstić information content (AvgIpc) is 2.64. The number of carbonyl (C=O) groups is 1. The molecule has 4 fully saturated rings. The monoisotopic (exact) mass is 320 g/mol. The van der Waals surface area contributed by atoms with Crippen molar-refractivity contribution in [2.45, 2.75) is 9.74 Å². The number of nitrogens with zero attached hydrogens (tertiary/aromatic N) is 2. The van der Waals surface area contributed by atoms with Crippen molar-refractivity contribution in [2.75, 3.05) is 39.3 Å². The van der Waals surface area contributed by atoms with E-state index in [1.54, 1.807) is 0 Å². The van der Waals surface area contributed by atoms with Crippen LogP contribution in [-0.2, 0) is 10.2 Å². The Labute approximate surface area is 121 Å². The topological polar surface area (TPSA) is 23.6 Å². The Morgan fingerprint density at radius 2 is 1.53 bits per heavy atom. The summed E-state index contributed by atoms with van der Waals surface area (Å²) >= 11 is 3.77.